The predicted molar refractivity (Wildman–Crippen MR) is 86.7 cm³/mol. The van der Waals surface area contributed by atoms with Gasteiger partial charge in [-0.15, -0.1) is 0 Å². The van der Waals surface area contributed by atoms with Crippen LogP contribution in [0.25, 0.3) is 11.1 Å². The van der Waals surface area contributed by atoms with Crippen molar-refractivity contribution in [2.24, 2.45) is 11.8 Å². The average Bonchev–Trinajstić information content (AvgIpc) is 2.45. The number of hydrogen-bond donors (Lipinski definition) is 0. The third-order valence-corrected chi connectivity index (χ3v) is 3.88. The summed E-state index contributed by atoms with van der Waals surface area (Å²) < 4.78 is 0. The third-order valence-electron chi connectivity index (χ3n) is 3.88. The second-order valence-electron chi connectivity index (χ2n) is 6.34. The molecule has 1 aromatic heterocycles. The van der Waals surface area contributed by atoms with Crippen LogP contribution in [0.5, 0.6) is 0 Å². The fraction of sp³-hybridized carbons (Fsp3) is 0.421. The van der Waals surface area contributed by atoms with Gasteiger partial charge < -0.3 is 0 Å². The van der Waals surface area contributed by atoms with Crippen molar-refractivity contribution in [2.75, 3.05) is 0 Å². The molecule has 0 bridgehead atoms. The molecule has 0 saturated carbocycles. The number of rotatable bonds is 5. The Labute approximate surface area is 123 Å². The Morgan fingerprint density at radius 3 is 1.85 bits per heavy atom. The Morgan fingerprint density at radius 2 is 1.35 bits per heavy atom. The summed E-state index contributed by atoms with van der Waals surface area (Å²) >= 11 is 0. The lowest BCUT2D eigenvalue weighted by molar-refractivity contribution is 0.408. The number of nitrogens with zero attached hydrogens (tertiary/aromatic N) is 1. The smallest absolute Gasteiger partial charge is 0.0273 e. The minimum atomic E-state index is 0.654. The van der Waals surface area contributed by atoms with Crippen molar-refractivity contribution in [1.29, 1.82) is 0 Å². The molecule has 1 heterocycles. The molecule has 1 heteroatoms. The van der Waals surface area contributed by atoms with Crippen LogP contribution in [0.15, 0.2) is 48.8 Å². The van der Waals surface area contributed by atoms with E-state index in [2.05, 4.69) is 69.1 Å². The van der Waals surface area contributed by atoms with E-state index in [0.29, 0.717) is 11.8 Å². The van der Waals surface area contributed by atoms with E-state index < -0.39 is 0 Å². The molecule has 0 N–H and O–H groups in total. The first-order chi connectivity index (χ1) is 9.58. The maximum atomic E-state index is 4.07. The number of pyridine rings is 1. The maximum Gasteiger partial charge on any atom is 0.0273 e. The first-order valence-electron chi connectivity index (χ1n) is 7.58. The molecule has 1 atom stereocenters. The van der Waals surface area contributed by atoms with Crippen molar-refractivity contribution in [3.8, 4) is 11.1 Å². The van der Waals surface area contributed by atoms with Crippen molar-refractivity contribution in [3.63, 3.8) is 0 Å². The highest BCUT2D eigenvalue weighted by Crippen LogP contribution is 2.32. The van der Waals surface area contributed by atoms with Crippen molar-refractivity contribution >= 4 is 0 Å². The van der Waals surface area contributed by atoms with Gasteiger partial charge in [0.15, 0.2) is 0 Å². The van der Waals surface area contributed by atoms with Gasteiger partial charge in [-0.2, -0.15) is 0 Å². The Bertz CT molecular complexity index is 511. The summed E-state index contributed by atoms with van der Waals surface area (Å²) in [4.78, 5) is 4.07. The molecular weight excluding hydrogens is 242 g/mol. The molecule has 106 valence electrons. The van der Waals surface area contributed by atoms with Crippen LogP contribution >= 0.6 is 0 Å². The van der Waals surface area contributed by atoms with E-state index in [1.165, 1.54) is 23.1 Å². The summed E-state index contributed by atoms with van der Waals surface area (Å²) in [5.74, 6) is 2.08. The predicted octanol–water partition coefficient (Wildman–Crippen LogP) is 5.53. The zero-order valence-corrected chi connectivity index (χ0v) is 13.0. The van der Waals surface area contributed by atoms with Crippen LogP contribution in [0.1, 0.15) is 45.6 Å². The van der Waals surface area contributed by atoms with Gasteiger partial charge in [0, 0.05) is 12.4 Å². The third kappa shape index (κ3) is 3.69. The fourth-order valence-corrected chi connectivity index (χ4v) is 2.77. The SMILES string of the molecule is CC(C)CC(c1ccc(-c2ccncc2)cc1)C(C)C. The topological polar surface area (TPSA) is 12.9 Å². The fourth-order valence-electron chi connectivity index (χ4n) is 2.77. The summed E-state index contributed by atoms with van der Waals surface area (Å²) in [6, 6.07) is 13.2. The molecule has 1 aromatic carbocycles. The van der Waals surface area contributed by atoms with Crippen LogP contribution in [0.4, 0.5) is 0 Å². The lowest BCUT2D eigenvalue weighted by Gasteiger charge is -2.23. The number of aromatic nitrogens is 1. The van der Waals surface area contributed by atoms with Crippen molar-refractivity contribution in [1.82, 2.24) is 4.98 Å². The Morgan fingerprint density at radius 1 is 0.800 bits per heavy atom. The molecule has 0 spiro atoms. The van der Waals surface area contributed by atoms with Crippen LogP contribution < -0.4 is 0 Å². The van der Waals surface area contributed by atoms with E-state index in [4.69, 9.17) is 0 Å². The molecule has 0 fully saturated rings. The lowest BCUT2D eigenvalue weighted by Crippen LogP contribution is -2.09. The van der Waals surface area contributed by atoms with E-state index in [1.54, 1.807) is 0 Å². The van der Waals surface area contributed by atoms with Crippen molar-refractivity contribution in [2.45, 2.75) is 40.0 Å². The zero-order valence-electron chi connectivity index (χ0n) is 13.0. The van der Waals surface area contributed by atoms with E-state index in [0.717, 1.165) is 5.92 Å². The molecule has 0 radical (unpaired) electrons. The zero-order chi connectivity index (χ0) is 14.5. The molecule has 1 nitrogen and oxygen atoms in total. The van der Waals surface area contributed by atoms with E-state index in [1.807, 2.05) is 12.4 Å². The van der Waals surface area contributed by atoms with Crippen LogP contribution in [0, 0.1) is 11.8 Å². The van der Waals surface area contributed by atoms with Gasteiger partial charge in [-0.25, -0.2) is 0 Å². The molecular formula is C19H25N. The molecule has 0 aliphatic rings. The number of benzene rings is 1. The highest BCUT2D eigenvalue weighted by Gasteiger charge is 2.17. The van der Waals surface area contributed by atoms with Crippen molar-refractivity contribution < 1.29 is 0 Å². The maximum absolute atomic E-state index is 4.07. The second-order valence-corrected chi connectivity index (χ2v) is 6.34. The Balaban J connectivity index is 2.22. The molecule has 2 aromatic rings. The molecule has 0 amide bonds. The first kappa shape index (κ1) is 14.8. The monoisotopic (exact) mass is 267 g/mol. The molecule has 2 rings (SSSR count). The van der Waals surface area contributed by atoms with Gasteiger partial charge in [-0.3, -0.25) is 4.98 Å². The molecule has 1 unspecified atom stereocenters. The van der Waals surface area contributed by atoms with Gasteiger partial charge in [0.1, 0.15) is 0 Å². The van der Waals surface area contributed by atoms with Gasteiger partial charge in [0.05, 0.1) is 0 Å². The largest absolute Gasteiger partial charge is 0.265 e. The Hall–Kier alpha value is -1.63. The minimum Gasteiger partial charge on any atom is -0.265 e. The van der Waals surface area contributed by atoms with Crippen LogP contribution in [0.2, 0.25) is 0 Å². The van der Waals surface area contributed by atoms with Gasteiger partial charge in [-0.1, -0.05) is 52.0 Å². The van der Waals surface area contributed by atoms with Gasteiger partial charge in [-0.05, 0) is 53.0 Å². The van der Waals surface area contributed by atoms with Crippen LogP contribution in [0.3, 0.4) is 0 Å². The standard InChI is InChI=1S/C19H25N/c1-14(2)13-19(15(3)4)18-7-5-16(6-8-18)17-9-11-20-12-10-17/h5-12,14-15,19H,13H2,1-4H3. The minimum absolute atomic E-state index is 0.654. The van der Waals surface area contributed by atoms with E-state index >= 15 is 0 Å². The molecule has 0 aliphatic heterocycles. The quantitative estimate of drug-likeness (QED) is 0.693. The number of hydrogen-bond acceptors (Lipinski definition) is 1. The van der Waals surface area contributed by atoms with Gasteiger partial charge >= 0.3 is 0 Å². The molecule has 20 heavy (non-hydrogen) atoms. The lowest BCUT2D eigenvalue weighted by atomic mass is 9.82. The molecule has 0 aliphatic carbocycles. The summed E-state index contributed by atoms with van der Waals surface area (Å²) in [5.41, 5.74) is 3.96. The summed E-state index contributed by atoms with van der Waals surface area (Å²) in [5, 5.41) is 0. The molecule has 0 saturated heterocycles. The van der Waals surface area contributed by atoms with Crippen LogP contribution in [-0.4, -0.2) is 4.98 Å². The summed E-state index contributed by atoms with van der Waals surface area (Å²) in [6.45, 7) is 9.26. The summed E-state index contributed by atoms with van der Waals surface area (Å²) in [7, 11) is 0. The van der Waals surface area contributed by atoms with Gasteiger partial charge in [0.2, 0.25) is 0 Å². The Kier molecular flexibility index (Phi) is 4.94. The summed E-state index contributed by atoms with van der Waals surface area (Å²) in [6.07, 6.45) is 4.95. The second kappa shape index (κ2) is 6.69. The highest BCUT2D eigenvalue weighted by atomic mass is 14.6. The first-order valence-corrected chi connectivity index (χ1v) is 7.58. The normalized spacial score (nSPS) is 12.9. The van der Waals surface area contributed by atoms with Gasteiger partial charge in [0.25, 0.3) is 0 Å². The van der Waals surface area contributed by atoms with Crippen LogP contribution in [-0.2, 0) is 0 Å². The van der Waals surface area contributed by atoms with E-state index in [9.17, 15) is 0 Å². The van der Waals surface area contributed by atoms with Crippen molar-refractivity contribution in [3.05, 3.63) is 54.4 Å². The average molecular weight is 267 g/mol. The highest BCUT2D eigenvalue weighted by molar-refractivity contribution is 5.63. The van der Waals surface area contributed by atoms with E-state index in [-0.39, 0.29) is 0 Å².